The number of thioether (sulfide) groups is 1. The van der Waals surface area contributed by atoms with Crippen molar-refractivity contribution in [2.45, 2.75) is 30.7 Å². The van der Waals surface area contributed by atoms with Gasteiger partial charge in [0.05, 0.1) is 0 Å². The van der Waals surface area contributed by atoms with Gasteiger partial charge in [0.2, 0.25) is 0 Å². The van der Waals surface area contributed by atoms with E-state index in [0.717, 1.165) is 23.9 Å². The molecule has 1 aromatic rings. The van der Waals surface area contributed by atoms with Gasteiger partial charge in [0.15, 0.2) is 0 Å². The highest BCUT2D eigenvalue weighted by Gasteiger charge is 2.40. The summed E-state index contributed by atoms with van der Waals surface area (Å²) in [6.45, 7) is 3.95. The summed E-state index contributed by atoms with van der Waals surface area (Å²) in [6.07, 6.45) is 1.18. The Balaban J connectivity index is 2.06. The minimum atomic E-state index is 0.156. The molecule has 0 bridgehead atoms. The molecule has 0 spiro atoms. The largest absolute Gasteiger partial charge is 0.329 e. The fraction of sp³-hybridized carbons (Fsp3) is 0.571. The second kappa shape index (κ2) is 5.83. The summed E-state index contributed by atoms with van der Waals surface area (Å²) in [4.78, 5) is 2.41. The van der Waals surface area contributed by atoms with Crippen LogP contribution in [0.5, 0.6) is 0 Å². The molecule has 0 radical (unpaired) electrons. The van der Waals surface area contributed by atoms with Crippen molar-refractivity contribution in [1.82, 2.24) is 4.90 Å². The Labute approximate surface area is 119 Å². The van der Waals surface area contributed by atoms with Crippen LogP contribution in [0.25, 0.3) is 0 Å². The first-order valence-electron chi connectivity index (χ1n) is 6.33. The standard InChI is InChI=1S/C14H21ClN2S/c1-11-7-14(9-16,10-18-11)17(2)8-12-3-5-13(15)6-4-12/h3-6,11H,7-10,16H2,1-2H3. The minimum Gasteiger partial charge on any atom is -0.329 e. The highest BCUT2D eigenvalue weighted by molar-refractivity contribution is 8.00. The highest BCUT2D eigenvalue weighted by atomic mass is 35.5. The van der Waals surface area contributed by atoms with Crippen LogP contribution in [0.3, 0.4) is 0 Å². The first kappa shape index (κ1) is 14.2. The number of nitrogens with two attached hydrogens (primary N) is 1. The average molecular weight is 285 g/mol. The molecule has 1 aliphatic heterocycles. The molecule has 18 heavy (non-hydrogen) atoms. The van der Waals surface area contributed by atoms with E-state index in [1.54, 1.807) is 0 Å². The van der Waals surface area contributed by atoms with Crippen LogP contribution in [0.4, 0.5) is 0 Å². The summed E-state index contributed by atoms with van der Waals surface area (Å²) >= 11 is 7.94. The van der Waals surface area contributed by atoms with Crippen molar-refractivity contribution in [3.05, 3.63) is 34.9 Å². The third-order valence-electron chi connectivity index (χ3n) is 3.83. The monoisotopic (exact) mass is 284 g/mol. The topological polar surface area (TPSA) is 29.3 Å². The quantitative estimate of drug-likeness (QED) is 0.922. The van der Waals surface area contributed by atoms with Crippen LogP contribution in [0.15, 0.2) is 24.3 Å². The minimum absolute atomic E-state index is 0.156. The van der Waals surface area contributed by atoms with Crippen molar-refractivity contribution in [1.29, 1.82) is 0 Å². The maximum Gasteiger partial charge on any atom is 0.0432 e. The van der Waals surface area contributed by atoms with Gasteiger partial charge in [-0.3, -0.25) is 4.90 Å². The van der Waals surface area contributed by atoms with E-state index in [2.05, 4.69) is 31.0 Å². The van der Waals surface area contributed by atoms with Crippen LogP contribution in [0, 0.1) is 0 Å². The number of rotatable bonds is 4. The number of halogens is 1. The summed E-state index contributed by atoms with van der Waals surface area (Å²) in [5.41, 5.74) is 7.48. The van der Waals surface area contributed by atoms with Gasteiger partial charge in [-0.25, -0.2) is 0 Å². The molecule has 0 amide bonds. The van der Waals surface area contributed by atoms with Crippen LogP contribution < -0.4 is 5.73 Å². The zero-order valence-corrected chi connectivity index (χ0v) is 12.6. The lowest BCUT2D eigenvalue weighted by Crippen LogP contribution is -2.52. The molecule has 1 saturated heterocycles. The van der Waals surface area contributed by atoms with Gasteiger partial charge in [-0.1, -0.05) is 30.7 Å². The first-order valence-corrected chi connectivity index (χ1v) is 7.76. The summed E-state index contributed by atoms with van der Waals surface area (Å²) in [7, 11) is 2.18. The second-order valence-electron chi connectivity index (χ2n) is 5.24. The lowest BCUT2D eigenvalue weighted by Gasteiger charge is -2.37. The Morgan fingerprint density at radius 1 is 1.44 bits per heavy atom. The van der Waals surface area contributed by atoms with E-state index in [9.17, 15) is 0 Å². The molecule has 2 rings (SSSR count). The predicted molar refractivity (Wildman–Crippen MR) is 81.2 cm³/mol. The van der Waals surface area contributed by atoms with Crippen molar-refractivity contribution < 1.29 is 0 Å². The molecular weight excluding hydrogens is 264 g/mol. The Morgan fingerprint density at radius 2 is 2.11 bits per heavy atom. The Morgan fingerprint density at radius 3 is 2.61 bits per heavy atom. The van der Waals surface area contributed by atoms with E-state index in [4.69, 9.17) is 17.3 Å². The molecule has 2 nitrogen and oxygen atoms in total. The van der Waals surface area contributed by atoms with Crippen LogP contribution in [0.2, 0.25) is 5.02 Å². The number of nitrogens with zero attached hydrogens (tertiary/aromatic N) is 1. The molecule has 0 aromatic heterocycles. The number of likely N-dealkylation sites (N-methyl/N-ethyl adjacent to an activating group) is 1. The van der Waals surface area contributed by atoms with Gasteiger partial charge in [0, 0.05) is 34.7 Å². The normalized spacial score (nSPS) is 27.9. The third kappa shape index (κ3) is 3.02. The third-order valence-corrected chi connectivity index (χ3v) is 5.52. The summed E-state index contributed by atoms with van der Waals surface area (Å²) < 4.78 is 0. The van der Waals surface area contributed by atoms with Crippen LogP contribution in [-0.4, -0.2) is 35.0 Å². The smallest absolute Gasteiger partial charge is 0.0432 e. The van der Waals surface area contributed by atoms with E-state index < -0.39 is 0 Å². The maximum absolute atomic E-state index is 6.03. The molecule has 0 saturated carbocycles. The molecule has 4 heteroatoms. The van der Waals surface area contributed by atoms with Crippen molar-refractivity contribution in [3.8, 4) is 0 Å². The Hall–Kier alpha value is -0.220. The molecular formula is C14H21ClN2S. The maximum atomic E-state index is 6.03. The molecule has 100 valence electrons. The summed E-state index contributed by atoms with van der Waals surface area (Å²) in [6, 6.07) is 8.08. The average Bonchev–Trinajstić information content (AvgIpc) is 2.75. The molecule has 1 heterocycles. The fourth-order valence-corrected chi connectivity index (χ4v) is 4.15. The van der Waals surface area contributed by atoms with E-state index in [1.807, 2.05) is 23.9 Å². The van der Waals surface area contributed by atoms with Gasteiger partial charge in [0.1, 0.15) is 0 Å². The van der Waals surface area contributed by atoms with Gasteiger partial charge in [-0.05, 0) is 31.2 Å². The van der Waals surface area contributed by atoms with Crippen molar-refractivity contribution in [2.75, 3.05) is 19.3 Å². The van der Waals surface area contributed by atoms with E-state index >= 15 is 0 Å². The Kier molecular flexibility index (Phi) is 4.59. The fourth-order valence-electron chi connectivity index (χ4n) is 2.55. The zero-order valence-electron chi connectivity index (χ0n) is 11.0. The molecule has 2 N–H and O–H groups in total. The summed E-state index contributed by atoms with van der Waals surface area (Å²) in [5.74, 6) is 1.13. The van der Waals surface area contributed by atoms with E-state index in [-0.39, 0.29) is 5.54 Å². The molecule has 1 aromatic carbocycles. The summed E-state index contributed by atoms with van der Waals surface area (Å²) in [5, 5.41) is 1.50. The van der Waals surface area contributed by atoms with Crippen molar-refractivity contribution in [3.63, 3.8) is 0 Å². The van der Waals surface area contributed by atoms with Gasteiger partial charge >= 0.3 is 0 Å². The Bertz CT molecular complexity index is 395. The number of hydrogen-bond acceptors (Lipinski definition) is 3. The zero-order chi connectivity index (χ0) is 13.2. The van der Waals surface area contributed by atoms with Crippen LogP contribution in [-0.2, 0) is 6.54 Å². The van der Waals surface area contributed by atoms with Crippen LogP contribution in [0.1, 0.15) is 18.9 Å². The highest BCUT2D eigenvalue weighted by Crippen LogP contribution is 2.37. The first-order chi connectivity index (χ1) is 8.55. The van der Waals surface area contributed by atoms with Gasteiger partial charge in [0.25, 0.3) is 0 Å². The molecule has 1 aliphatic rings. The SMILES string of the molecule is CC1CC(CN)(N(C)Cc2ccc(Cl)cc2)CS1. The van der Waals surface area contributed by atoms with Crippen molar-refractivity contribution >= 4 is 23.4 Å². The number of benzene rings is 1. The lowest BCUT2D eigenvalue weighted by molar-refractivity contribution is 0.139. The second-order valence-corrected chi connectivity index (χ2v) is 7.10. The van der Waals surface area contributed by atoms with Crippen molar-refractivity contribution in [2.24, 2.45) is 5.73 Å². The van der Waals surface area contributed by atoms with E-state index in [1.165, 1.54) is 12.0 Å². The van der Waals surface area contributed by atoms with Gasteiger partial charge in [-0.2, -0.15) is 11.8 Å². The van der Waals surface area contributed by atoms with E-state index in [0.29, 0.717) is 5.25 Å². The van der Waals surface area contributed by atoms with Gasteiger partial charge < -0.3 is 5.73 Å². The van der Waals surface area contributed by atoms with Crippen LogP contribution >= 0.6 is 23.4 Å². The predicted octanol–water partition coefficient (Wildman–Crippen LogP) is 2.99. The molecule has 2 unspecified atom stereocenters. The van der Waals surface area contributed by atoms with Gasteiger partial charge in [-0.15, -0.1) is 0 Å². The molecule has 1 fully saturated rings. The number of hydrogen-bond donors (Lipinski definition) is 1. The molecule has 0 aliphatic carbocycles. The molecule has 2 atom stereocenters. The lowest BCUT2D eigenvalue weighted by atomic mass is 9.94.